The van der Waals surface area contributed by atoms with Crippen molar-refractivity contribution in [1.82, 2.24) is 5.32 Å². The molecule has 1 saturated heterocycles. The molecule has 1 fully saturated rings. The summed E-state index contributed by atoms with van der Waals surface area (Å²) in [5.74, 6) is 1.29. The molecule has 0 bridgehead atoms. The van der Waals surface area contributed by atoms with E-state index in [-0.39, 0.29) is 6.10 Å². The summed E-state index contributed by atoms with van der Waals surface area (Å²) < 4.78 is 18.2. The number of nitrogens with one attached hydrogen (secondary N) is 1. The summed E-state index contributed by atoms with van der Waals surface area (Å²) in [5.41, 5.74) is 5.01. The van der Waals surface area contributed by atoms with Crippen LogP contribution in [0.3, 0.4) is 0 Å². The Balaban J connectivity index is 1.08. The number of hydrogen-bond acceptors (Lipinski definition) is 4. The van der Waals surface area contributed by atoms with Crippen LogP contribution in [0.15, 0.2) is 91.0 Å². The summed E-state index contributed by atoms with van der Waals surface area (Å²) in [6.07, 6.45) is 2.09. The van der Waals surface area contributed by atoms with Crippen LogP contribution in [0.4, 0.5) is 0 Å². The van der Waals surface area contributed by atoms with Crippen LogP contribution in [-0.2, 0) is 22.7 Å². The molecule has 4 heteroatoms. The molecule has 1 aliphatic rings. The Morgan fingerprint density at radius 3 is 2.41 bits per heavy atom. The number of benzene rings is 4. The van der Waals surface area contributed by atoms with E-state index in [2.05, 4.69) is 103 Å². The molecule has 37 heavy (non-hydrogen) atoms. The van der Waals surface area contributed by atoms with E-state index in [1.54, 1.807) is 0 Å². The number of ether oxygens (including phenoxy) is 3. The first-order chi connectivity index (χ1) is 18.2. The molecule has 192 valence electrons. The highest BCUT2D eigenvalue weighted by molar-refractivity contribution is 5.82. The Labute approximate surface area is 220 Å². The average molecular weight is 496 g/mol. The van der Waals surface area contributed by atoms with Gasteiger partial charge in [0.2, 0.25) is 0 Å². The van der Waals surface area contributed by atoms with Crippen LogP contribution >= 0.6 is 0 Å². The smallest absolute Gasteiger partial charge is 0.119 e. The minimum atomic E-state index is 0.151. The van der Waals surface area contributed by atoms with Crippen molar-refractivity contribution in [1.29, 1.82) is 0 Å². The van der Waals surface area contributed by atoms with Gasteiger partial charge in [-0.3, -0.25) is 0 Å². The zero-order valence-corrected chi connectivity index (χ0v) is 21.7. The van der Waals surface area contributed by atoms with Gasteiger partial charge in [-0.25, -0.2) is 0 Å². The molecular formula is C33H37NO3. The van der Waals surface area contributed by atoms with Crippen LogP contribution in [-0.4, -0.2) is 32.4 Å². The highest BCUT2D eigenvalue weighted by Gasteiger charge is 2.27. The average Bonchev–Trinajstić information content (AvgIpc) is 2.95. The number of hydrogen-bond donors (Lipinski definition) is 1. The van der Waals surface area contributed by atoms with Gasteiger partial charge >= 0.3 is 0 Å². The van der Waals surface area contributed by atoms with Crippen molar-refractivity contribution >= 4 is 10.8 Å². The fourth-order valence-corrected chi connectivity index (χ4v) is 4.95. The minimum absolute atomic E-state index is 0.151. The van der Waals surface area contributed by atoms with Crippen molar-refractivity contribution in [2.24, 2.45) is 0 Å². The van der Waals surface area contributed by atoms with Crippen molar-refractivity contribution in [3.63, 3.8) is 0 Å². The lowest BCUT2D eigenvalue weighted by atomic mass is 9.87. The van der Waals surface area contributed by atoms with Crippen molar-refractivity contribution in [3.05, 3.63) is 113 Å². The Kier molecular flexibility index (Phi) is 8.86. The number of rotatable bonds is 11. The lowest BCUT2D eigenvalue weighted by Gasteiger charge is -2.32. The van der Waals surface area contributed by atoms with Crippen LogP contribution in [0.5, 0.6) is 5.75 Å². The third-order valence-electron chi connectivity index (χ3n) is 7.10. The maximum atomic E-state index is 6.45. The Morgan fingerprint density at radius 1 is 0.784 bits per heavy atom. The summed E-state index contributed by atoms with van der Waals surface area (Å²) in [5, 5.41) is 6.03. The van der Waals surface area contributed by atoms with Gasteiger partial charge in [0.1, 0.15) is 5.75 Å². The molecule has 0 radical (unpaired) electrons. The SMILES string of the molecule is Cc1ccc(COCCCOc2ccc(C3CCNCC3OCc3ccc4ccccc4c3)cc2)cc1. The largest absolute Gasteiger partial charge is 0.494 e. The van der Waals surface area contributed by atoms with Crippen LogP contribution < -0.4 is 10.1 Å². The van der Waals surface area contributed by atoms with E-state index < -0.39 is 0 Å². The topological polar surface area (TPSA) is 39.7 Å². The first-order valence-electron chi connectivity index (χ1n) is 13.4. The highest BCUT2D eigenvalue weighted by atomic mass is 16.5. The maximum absolute atomic E-state index is 6.45. The van der Waals surface area contributed by atoms with Gasteiger partial charge in [-0.1, -0.05) is 78.4 Å². The summed E-state index contributed by atoms with van der Waals surface area (Å²) in [6, 6.07) is 32.1. The van der Waals surface area contributed by atoms with Crippen LogP contribution in [0.2, 0.25) is 0 Å². The van der Waals surface area contributed by atoms with Gasteiger partial charge in [0.05, 0.1) is 32.5 Å². The third-order valence-corrected chi connectivity index (χ3v) is 7.10. The molecule has 0 amide bonds. The lowest BCUT2D eigenvalue weighted by Crippen LogP contribution is -2.40. The van der Waals surface area contributed by atoms with E-state index in [1.807, 2.05) is 0 Å². The molecule has 1 aliphatic heterocycles. The van der Waals surface area contributed by atoms with Gasteiger partial charge in [0.15, 0.2) is 0 Å². The van der Waals surface area contributed by atoms with Crippen molar-refractivity contribution in [2.45, 2.75) is 45.0 Å². The maximum Gasteiger partial charge on any atom is 0.119 e. The molecule has 4 nitrogen and oxygen atoms in total. The third kappa shape index (κ3) is 7.20. The van der Waals surface area contributed by atoms with Crippen molar-refractivity contribution in [2.75, 3.05) is 26.3 Å². The molecule has 0 saturated carbocycles. The molecule has 0 aliphatic carbocycles. The van der Waals surface area contributed by atoms with E-state index in [0.29, 0.717) is 32.3 Å². The number of fused-ring (bicyclic) bond motifs is 1. The second-order valence-electron chi connectivity index (χ2n) is 9.94. The standard InChI is InChI=1S/C33H37NO3/c1-25-7-9-26(10-8-25)23-35-19-4-20-36-31-15-13-29(14-16-31)32-17-18-34-22-33(32)37-24-27-11-12-28-5-2-3-6-30(28)21-27/h2-3,5-16,21,32-34H,4,17-20,22-24H2,1H3. The van der Waals surface area contributed by atoms with Crippen LogP contribution in [0.1, 0.15) is 41.0 Å². The molecule has 1 N–H and O–H groups in total. The van der Waals surface area contributed by atoms with Gasteiger partial charge < -0.3 is 19.5 Å². The van der Waals surface area contributed by atoms with Crippen molar-refractivity contribution < 1.29 is 14.2 Å². The number of piperidine rings is 1. The molecule has 4 aromatic rings. The summed E-state index contributed by atoms with van der Waals surface area (Å²) >= 11 is 0. The second-order valence-corrected chi connectivity index (χ2v) is 9.94. The van der Waals surface area contributed by atoms with E-state index in [0.717, 1.165) is 31.7 Å². The summed E-state index contributed by atoms with van der Waals surface area (Å²) in [6.45, 7) is 6.60. The Hall–Kier alpha value is -3.18. The Morgan fingerprint density at radius 2 is 1.57 bits per heavy atom. The lowest BCUT2D eigenvalue weighted by molar-refractivity contribution is 0.0106. The van der Waals surface area contributed by atoms with Gasteiger partial charge in [0, 0.05) is 18.9 Å². The number of aryl methyl sites for hydroxylation is 1. The van der Waals surface area contributed by atoms with E-state index in [4.69, 9.17) is 14.2 Å². The zero-order valence-electron chi connectivity index (χ0n) is 21.7. The monoisotopic (exact) mass is 495 g/mol. The van der Waals surface area contributed by atoms with Crippen LogP contribution in [0, 0.1) is 6.92 Å². The zero-order chi connectivity index (χ0) is 25.3. The van der Waals surface area contributed by atoms with E-state index >= 15 is 0 Å². The van der Waals surface area contributed by atoms with Gasteiger partial charge in [-0.05, 0) is 65.6 Å². The molecule has 4 aromatic carbocycles. The molecule has 1 heterocycles. The van der Waals surface area contributed by atoms with Gasteiger partial charge in [0.25, 0.3) is 0 Å². The fourth-order valence-electron chi connectivity index (χ4n) is 4.95. The van der Waals surface area contributed by atoms with Crippen LogP contribution in [0.25, 0.3) is 10.8 Å². The quantitative estimate of drug-likeness (QED) is 0.232. The normalized spacial score (nSPS) is 17.6. The second kappa shape index (κ2) is 12.9. The molecule has 5 rings (SSSR count). The minimum Gasteiger partial charge on any atom is -0.494 e. The van der Waals surface area contributed by atoms with Gasteiger partial charge in [-0.15, -0.1) is 0 Å². The molecule has 0 spiro atoms. The molecule has 0 aromatic heterocycles. The van der Waals surface area contributed by atoms with Crippen molar-refractivity contribution in [3.8, 4) is 5.75 Å². The molecular weight excluding hydrogens is 458 g/mol. The first-order valence-corrected chi connectivity index (χ1v) is 13.4. The van der Waals surface area contributed by atoms with E-state index in [9.17, 15) is 0 Å². The van der Waals surface area contributed by atoms with Gasteiger partial charge in [-0.2, -0.15) is 0 Å². The highest BCUT2D eigenvalue weighted by Crippen LogP contribution is 2.30. The summed E-state index contributed by atoms with van der Waals surface area (Å²) in [4.78, 5) is 0. The van der Waals surface area contributed by atoms with E-state index in [1.165, 1.54) is 33.0 Å². The summed E-state index contributed by atoms with van der Waals surface area (Å²) in [7, 11) is 0. The molecule has 2 unspecified atom stereocenters. The molecule has 2 atom stereocenters. The predicted octanol–water partition coefficient (Wildman–Crippen LogP) is 6.80. The Bertz CT molecular complexity index is 1250. The predicted molar refractivity (Wildman–Crippen MR) is 150 cm³/mol. The fraction of sp³-hybridized carbons (Fsp3) is 0.333. The first kappa shape index (κ1) is 25.5.